The third-order valence-corrected chi connectivity index (χ3v) is 4.91. The van der Waals surface area contributed by atoms with Gasteiger partial charge in [-0.25, -0.2) is 19.9 Å². The minimum Gasteiger partial charge on any atom is -0.490 e. The van der Waals surface area contributed by atoms with Gasteiger partial charge >= 0.3 is 6.18 Å². The molecule has 0 unspecified atom stereocenters. The summed E-state index contributed by atoms with van der Waals surface area (Å²) in [6.45, 7) is -2.88. The number of ether oxygens (including phenoxy) is 4. The van der Waals surface area contributed by atoms with Crippen molar-refractivity contribution in [1.29, 1.82) is 0 Å². The van der Waals surface area contributed by atoms with Crippen molar-refractivity contribution in [3.63, 3.8) is 0 Å². The van der Waals surface area contributed by atoms with Crippen LogP contribution in [0.2, 0.25) is 0 Å². The number of aromatic nitrogens is 6. The molecule has 10 nitrogen and oxygen atoms in total. The number of alkyl halides is 3. The van der Waals surface area contributed by atoms with Gasteiger partial charge in [-0.3, -0.25) is 0 Å². The monoisotopic (exact) mass is 505 g/mol. The SMILES string of the molecule is [2H]C([2H])([2H])n1cc(C(F)(F)F)nc1-c1ccc(COc2nc(-c3c(OC)ncnc3OC)ncc2OC)cc1. The van der Waals surface area contributed by atoms with Crippen molar-refractivity contribution in [2.45, 2.75) is 12.8 Å². The molecule has 0 spiro atoms. The molecule has 0 aliphatic carbocycles. The fourth-order valence-electron chi connectivity index (χ4n) is 3.20. The number of benzene rings is 1. The summed E-state index contributed by atoms with van der Waals surface area (Å²) in [5.41, 5.74) is -0.232. The Morgan fingerprint density at radius 2 is 1.61 bits per heavy atom. The number of rotatable bonds is 8. The summed E-state index contributed by atoms with van der Waals surface area (Å²) in [4.78, 5) is 20.3. The van der Waals surface area contributed by atoms with Crippen molar-refractivity contribution in [2.75, 3.05) is 21.3 Å². The van der Waals surface area contributed by atoms with E-state index in [1.54, 1.807) is 12.1 Å². The average molecular weight is 505 g/mol. The molecule has 1 aromatic carbocycles. The molecular weight excluding hydrogens is 481 g/mol. The maximum atomic E-state index is 13.2. The van der Waals surface area contributed by atoms with Crippen LogP contribution in [0.3, 0.4) is 0 Å². The molecule has 0 aliphatic heterocycles. The van der Waals surface area contributed by atoms with Crippen LogP contribution in [0.25, 0.3) is 22.8 Å². The van der Waals surface area contributed by atoms with Crippen LogP contribution in [0.4, 0.5) is 13.2 Å². The maximum absolute atomic E-state index is 13.2. The molecule has 13 heteroatoms. The molecule has 3 heterocycles. The van der Waals surface area contributed by atoms with Gasteiger partial charge in [0.2, 0.25) is 11.8 Å². The summed E-state index contributed by atoms with van der Waals surface area (Å²) in [7, 11) is 4.25. The molecule has 0 saturated carbocycles. The lowest BCUT2D eigenvalue weighted by atomic mass is 10.1. The van der Waals surface area contributed by atoms with Gasteiger partial charge < -0.3 is 23.5 Å². The van der Waals surface area contributed by atoms with Gasteiger partial charge in [0.15, 0.2) is 17.3 Å². The van der Waals surface area contributed by atoms with E-state index in [-0.39, 0.29) is 47.2 Å². The first-order valence-corrected chi connectivity index (χ1v) is 10.2. The summed E-state index contributed by atoms with van der Waals surface area (Å²) >= 11 is 0. The highest BCUT2D eigenvalue weighted by Gasteiger charge is 2.34. The minimum absolute atomic E-state index is 0.0197. The van der Waals surface area contributed by atoms with E-state index < -0.39 is 18.8 Å². The zero-order valence-corrected chi connectivity index (χ0v) is 19.2. The van der Waals surface area contributed by atoms with Crippen LogP contribution >= 0.6 is 0 Å². The first kappa shape index (κ1) is 20.9. The number of aryl methyl sites for hydroxylation is 1. The van der Waals surface area contributed by atoms with Crippen LogP contribution in [-0.2, 0) is 19.8 Å². The van der Waals surface area contributed by atoms with Crippen molar-refractivity contribution >= 4 is 0 Å². The van der Waals surface area contributed by atoms with E-state index in [9.17, 15) is 13.2 Å². The Morgan fingerprint density at radius 3 is 2.19 bits per heavy atom. The molecule has 0 bridgehead atoms. The van der Waals surface area contributed by atoms with Crippen LogP contribution < -0.4 is 18.9 Å². The Balaban J connectivity index is 1.60. The standard InChI is InChI=1S/C23H21F3N6O4/c1-32-10-16(23(24,25)26)30-19(32)14-7-5-13(6-8-14)11-36-20-15(33-2)9-27-18(31-20)17-21(34-3)28-12-29-22(17)35-4/h5-10,12H,11H2,1-4H3/i1D3. The van der Waals surface area contributed by atoms with Crippen molar-refractivity contribution in [1.82, 2.24) is 29.5 Å². The van der Waals surface area contributed by atoms with Crippen molar-refractivity contribution < 1.29 is 36.2 Å². The molecule has 3 aromatic heterocycles. The largest absolute Gasteiger partial charge is 0.490 e. The van der Waals surface area contributed by atoms with Gasteiger partial charge in [0.1, 0.15) is 24.3 Å². The topological polar surface area (TPSA) is 106 Å². The Bertz CT molecular complexity index is 1440. The summed E-state index contributed by atoms with van der Waals surface area (Å²) < 4.78 is 84.5. The van der Waals surface area contributed by atoms with Gasteiger partial charge in [-0.2, -0.15) is 18.2 Å². The van der Waals surface area contributed by atoms with Gasteiger partial charge in [0, 0.05) is 22.8 Å². The lowest BCUT2D eigenvalue weighted by Crippen LogP contribution is -2.05. The Hall–Kier alpha value is -4.42. The molecule has 0 aliphatic rings. The zero-order chi connectivity index (χ0) is 28.4. The van der Waals surface area contributed by atoms with Crippen molar-refractivity contribution in [3.8, 4) is 46.2 Å². The normalized spacial score (nSPS) is 12.9. The predicted octanol–water partition coefficient (Wildman–Crippen LogP) is 3.96. The molecule has 36 heavy (non-hydrogen) atoms. The first-order chi connectivity index (χ1) is 18.5. The Kier molecular flexibility index (Phi) is 5.84. The number of hydrogen-bond acceptors (Lipinski definition) is 9. The van der Waals surface area contributed by atoms with Gasteiger partial charge in [0.25, 0.3) is 5.88 Å². The van der Waals surface area contributed by atoms with Gasteiger partial charge in [-0.15, -0.1) is 0 Å². The number of methoxy groups -OCH3 is 3. The van der Waals surface area contributed by atoms with Crippen LogP contribution in [-0.4, -0.2) is 50.8 Å². The first-order valence-electron chi connectivity index (χ1n) is 11.7. The van der Waals surface area contributed by atoms with Crippen molar-refractivity contribution in [2.24, 2.45) is 6.98 Å². The minimum atomic E-state index is -4.80. The van der Waals surface area contributed by atoms with Crippen LogP contribution in [0, 0.1) is 0 Å². The third kappa shape index (κ3) is 4.99. The summed E-state index contributed by atoms with van der Waals surface area (Å²) in [5.74, 6) is 0.462. The van der Waals surface area contributed by atoms with Gasteiger partial charge in [0.05, 0.1) is 27.5 Å². The fraction of sp³-hybridized carbons (Fsp3) is 0.261. The molecule has 0 amide bonds. The van der Waals surface area contributed by atoms with E-state index in [1.165, 1.54) is 46.0 Å². The van der Waals surface area contributed by atoms with E-state index in [2.05, 4.69) is 24.9 Å². The Labute approximate surface area is 207 Å². The number of hydrogen-bond donors (Lipinski definition) is 0. The van der Waals surface area contributed by atoms with E-state index in [1.807, 2.05) is 0 Å². The third-order valence-electron chi connectivity index (χ3n) is 4.91. The molecule has 0 saturated heterocycles. The molecular formula is C23H21F3N6O4. The number of halogens is 3. The van der Waals surface area contributed by atoms with Crippen LogP contribution in [0.15, 0.2) is 43.0 Å². The van der Waals surface area contributed by atoms with Gasteiger partial charge in [-0.05, 0) is 5.56 Å². The summed E-state index contributed by atoms with van der Waals surface area (Å²) in [6.07, 6.45) is -1.67. The lowest BCUT2D eigenvalue weighted by Gasteiger charge is -2.13. The lowest BCUT2D eigenvalue weighted by molar-refractivity contribution is -0.140. The molecule has 0 atom stereocenters. The van der Waals surface area contributed by atoms with Gasteiger partial charge in [-0.1, -0.05) is 24.3 Å². The molecule has 4 rings (SSSR count). The van der Waals surface area contributed by atoms with Crippen molar-refractivity contribution in [3.05, 3.63) is 54.2 Å². The Morgan fingerprint density at radius 1 is 0.917 bits per heavy atom. The molecule has 0 N–H and O–H groups in total. The average Bonchev–Trinajstić information content (AvgIpc) is 3.39. The fourth-order valence-corrected chi connectivity index (χ4v) is 3.20. The second kappa shape index (κ2) is 10.1. The highest BCUT2D eigenvalue weighted by atomic mass is 19.4. The smallest absolute Gasteiger partial charge is 0.434 e. The second-order valence-corrected chi connectivity index (χ2v) is 7.14. The number of nitrogens with zero attached hydrogens (tertiary/aromatic N) is 6. The van der Waals surface area contributed by atoms with Crippen LogP contribution in [0.5, 0.6) is 23.4 Å². The van der Waals surface area contributed by atoms with Crippen LogP contribution in [0.1, 0.15) is 15.4 Å². The van der Waals surface area contributed by atoms with E-state index in [0.29, 0.717) is 21.9 Å². The second-order valence-electron chi connectivity index (χ2n) is 7.14. The van der Waals surface area contributed by atoms with E-state index in [0.717, 1.165) is 0 Å². The highest BCUT2D eigenvalue weighted by Crippen LogP contribution is 2.36. The van der Waals surface area contributed by atoms with E-state index >= 15 is 0 Å². The highest BCUT2D eigenvalue weighted by molar-refractivity contribution is 5.68. The molecule has 0 radical (unpaired) electrons. The summed E-state index contributed by atoms with van der Waals surface area (Å²) in [6, 6.07) is 6.02. The predicted molar refractivity (Wildman–Crippen MR) is 121 cm³/mol. The molecule has 4 aromatic rings. The number of imidazole rings is 1. The quantitative estimate of drug-likeness (QED) is 0.352. The molecule has 188 valence electrons. The maximum Gasteiger partial charge on any atom is 0.434 e. The molecule has 0 fully saturated rings. The summed E-state index contributed by atoms with van der Waals surface area (Å²) in [5, 5.41) is 0. The zero-order valence-electron chi connectivity index (χ0n) is 22.2. The van der Waals surface area contributed by atoms with E-state index in [4.69, 9.17) is 23.1 Å².